The zero-order chi connectivity index (χ0) is 13.1. The molecule has 1 aliphatic rings. The summed E-state index contributed by atoms with van der Waals surface area (Å²) in [6.45, 7) is 6.29. The second-order valence-corrected chi connectivity index (χ2v) is 4.97. The molecule has 0 aliphatic carbocycles. The minimum atomic E-state index is -0.0178. The van der Waals surface area contributed by atoms with Crippen molar-refractivity contribution >= 4 is 5.69 Å². The van der Waals surface area contributed by atoms with E-state index in [4.69, 9.17) is 10.5 Å². The first kappa shape index (κ1) is 13.2. The summed E-state index contributed by atoms with van der Waals surface area (Å²) >= 11 is 0. The van der Waals surface area contributed by atoms with E-state index in [2.05, 4.69) is 22.9 Å². The Hall–Kier alpha value is -1.26. The second-order valence-electron chi connectivity index (χ2n) is 4.97. The summed E-state index contributed by atoms with van der Waals surface area (Å²) in [5, 5.41) is 0. The van der Waals surface area contributed by atoms with Crippen LogP contribution in [0.1, 0.15) is 18.5 Å². The number of nitrogens with two attached hydrogens (primary N) is 1. The third-order valence-electron chi connectivity index (χ3n) is 3.56. The highest BCUT2D eigenvalue weighted by Crippen LogP contribution is 2.33. The van der Waals surface area contributed by atoms with Crippen LogP contribution in [0.4, 0.5) is 5.69 Å². The first-order valence-corrected chi connectivity index (χ1v) is 6.49. The maximum atomic E-state index is 6.11. The van der Waals surface area contributed by atoms with Gasteiger partial charge in [0.2, 0.25) is 0 Å². The predicted molar refractivity (Wildman–Crippen MR) is 75.3 cm³/mol. The minimum absolute atomic E-state index is 0.0178. The molecule has 1 saturated heterocycles. The second kappa shape index (κ2) is 5.59. The molecule has 1 aliphatic heterocycles. The van der Waals surface area contributed by atoms with Crippen LogP contribution in [-0.2, 0) is 0 Å². The number of anilines is 1. The molecule has 1 aromatic rings. The Kier molecular flexibility index (Phi) is 4.09. The monoisotopic (exact) mass is 249 g/mol. The number of ether oxygens (including phenoxy) is 1. The molecule has 1 fully saturated rings. The van der Waals surface area contributed by atoms with Gasteiger partial charge in [-0.1, -0.05) is 6.07 Å². The molecule has 0 bridgehead atoms. The summed E-state index contributed by atoms with van der Waals surface area (Å²) < 4.78 is 5.44. The molecule has 1 heterocycles. The number of likely N-dealkylation sites (N-methyl/N-ethyl adjacent to an activating group) is 1. The SMILES string of the molecule is COc1cccc(N2CCN(C)CC2)c1[C@H](C)N. The van der Waals surface area contributed by atoms with E-state index in [1.54, 1.807) is 7.11 Å². The van der Waals surface area contributed by atoms with Crippen molar-refractivity contribution in [1.29, 1.82) is 0 Å². The van der Waals surface area contributed by atoms with Crippen LogP contribution >= 0.6 is 0 Å². The molecule has 2 N–H and O–H groups in total. The predicted octanol–water partition coefficient (Wildman–Crippen LogP) is 1.47. The molecular weight excluding hydrogens is 226 g/mol. The fraction of sp³-hybridized carbons (Fsp3) is 0.571. The van der Waals surface area contributed by atoms with Gasteiger partial charge in [0.25, 0.3) is 0 Å². The number of benzene rings is 1. The van der Waals surface area contributed by atoms with Gasteiger partial charge in [0.1, 0.15) is 5.75 Å². The van der Waals surface area contributed by atoms with Gasteiger partial charge in [0, 0.05) is 43.5 Å². The van der Waals surface area contributed by atoms with E-state index in [0.717, 1.165) is 37.5 Å². The summed E-state index contributed by atoms with van der Waals surface area (Å²) in [6.07, 6.45) is 0. The molecule has 2 rings (SSSR count). The van der Waals surface area contributed by atoms with Crippen molar-refractivity contribution in [3.8, 4) is 5.75 Å². The Morgan fingerprint density at radius 1 is 1.22 bits per heavy atom. The topological polar surface area (TPSA) is 41.7 Å². The summed E-state index contributed by atoms with van der Waals surface area (Å²) in [5.74, 6) is 0.890. The summed E-state index contributed by atoms with van der Waals surface area (Å²) in [6, 6.07) is 6.15. The highest BCUT2D eigenvalue weighted by atomic mass is 16.5. The van der Waals surface area contributed by atoms with Crippen LogP contribution in [0.5, 0.6) is 5.75 Å². The number of nitrogens with zero attached hydrogens (tertiary/aromatic N) is 2. The van der Waals surface area contributed by atoms with E-state index < -0.39 is 0 Å². The van der Waals surface area contributed by atoms with Crippen LogP contribution in [0, 0.1) is 0 Å². The molecule has 4 nitrogen and oxygen atoms in total. The minimum Gasteiger partial charge on any atom is -0.496 e. The molecule has 0 amide bonds. The number of methoxy groups -OCH3 is 1. The van der Waals surface area contributed by atoms with Gasteiger partial charge < -0.3 is 20.3 Å². The molecule has 0 radical (unpaired) electrons. The molecule has 100 valence electrons. The van der Waals surface area contributed by atoms with Crippen LogP contribution in [0.3, 0.4) is 0 Å². The van der Waals surface area contributed by atoms with E-state index in [1.165, 1.54) is 5.69 Å². The Morgan fingerprint density at radius 3 is 2.44 bits per heavy atom. The maximum Gasteiger partial charge on any atom is 0.125 e. The molecule has 1 atom stereocenters. The van der Waals surface area contributed by atoms with Crippen molar-refractivity contribution in [2.45, 2.75) is 13.0 Å². The molecule has 0 unspecified atom stereocenters. The third-order valence-corrected chi connectivity index (χ3v) is 3.56. The van der Waals surface area contributed by atoms with E-state index in [9.17, 15) is 0 Å². The molecule has 0 spiro atoms. The summed E-state index contributed by atoms with van der Waals surface area (Å²) in [7, 11) is 3.87. The Balaban J connectivity index is 2.32. The molecule has 1 aromatic carbocycles. The van der Waals surface area contributed by atoms with Gasteiger partial charge in [-0.05, 0) is 26.1 Å². The highest BCUT2D eigenvalue weighted by Gasteiger charge is 2.20. The van der Waals surface area contributed by atoms with Gasteiger partial charge in [-0.15, -0.1) is 0 Å². The van der Waals surface area contributed by atoms with Crippen LogP contribution in [0.15, 0.2) is 18.2 Å². The van der Waals surface area contributed by atoms with Crippen molar-refractivity contribution < 1.29 is 4.74 Å². The van der Waals surface area contributed by atoms with Gasteiger partial charge >= 0.3 is 0 Å². The van der Waals surface area contributed by atoms with Crippen LogP contribution < -0.4 is 15.4 Å². The van der Waals surface area contributed by atoms with Crippen molar-refractivity contribution in [3.63, 3.8) is 0 Å². The average molecular weight is 249 g/mol. The van der Waals surface area contributed by atoms with Gasteiger partial charge in [-0.3, -0.25) is 0 Å². The summed E-state index contributed by atoms with van der Waals surface area (Å²) in [5.41, 5.74) is 8.44. The lowest BCUT2D eigenvalue weighted by atomic mass is 10.0. The van der Waals surface area contributed by atoms with Crippen LogP contribution in [0.2, 0.25) is 0 Å². The quantitative estimate of drug-likeness (QED) is 0.881. The zero-order valence-electron chi connectivity index (χ0n) is 11.5. The average Bonchev–Trinajstić information content (AvgIpc) is 2.38. The molecule has 18 heavy (non-hydrogen) atoms. The summed E-state index contributed by atoms with van der Waals surface area (Å²) in [4.78, 5) is 4.75. The Labute approximate surface area is 109 Å². The molecule has 0 aromatic heterocycles. The van der Waals surface area contributed by atoms with Gasteiger partial charge in [0.05, 0.1) is 7.11 Å². The zero-order valence-corrected chi connectivity index (χ0v) is 11.5. The Morgan fingerprint density at radius 2 is 1.89 bits per heavy atom. The van der Waals surface area contributed by atoms with Crippen LogP contribution in [0.25, 0.3) is 0 Å². The fourth-order valence-corrected chi connectivity index (χ4v) is 2.49. The largest absolute Gasteiger partial charge is 0.496 e. The van der Waals surface area contributed by atoms with Crippen molar-refractivity contribution in [1.82, 2.24) is 4.90 Å². The van der Waals surface area contributed by atoms with Crippen molar-refractivity contribution in [2.24, 2.45) is 5.73 Å². The lowest BCUT2D eigenvalue weighted by molar-refractivity contribution is 0.312. The number of hydrogen-bond acceptors (Lipinski definition) is 4. The number of rotatable bonds is 3. The van der Waals surface area contributed by atoms with E-state index >= 15 is 0 Å². The third kappa shape index (κ3) is 2.60. The van der Waals surface area contributed by atoms with Gasteiger partial charge in [-0.25, -0.2) is 0 Å². The first-order chi connectivity index (χ1) is 8.63. The molecule has 4 heteroatoms. The normalized spacial score (nSPS) is 18.8. The fourth-order valence-electron chi connectivity index (χ4n) is 2.49. The number of piperazine rings is 1. The van der Waals surface area contributed by atoms with Gasteiger partial charge in [-0.2, -0.15) is 0 Å². The Bertz CT molecular complexity index is 398. The smallest absolute Gasteiger partial charge is 0.125 e. The van der Waals surface area contributed by atoms with E-state index in [1.807, 2.05) is 19.1 Å². The van der Waals surface area contributed by atoms with Gasteiger partial charge in [0.15, 0.2) is 0 Å². The number of hydrogen-bond donors (Lipinski definition) is 1. The lowest BCUT2D eigenvalue weighted by Gasteiger charge is -2.36. The molecular formula is C14H23N3O. The van der Waals surface area contributed by atoms with Crippen molar-refractivity contribution in [3.05, 3.63) is 23.8 Å². The first-order valence-electron chi connectivity index (χ1n) is 6.49. The lowest BCUT2D eigenvalue weighted by Crippen LogP contribution is -2.45. The standard InChI is InChI=1S/C14H23N3O/c1-11(15)14-12(5-4-6-13(14)18-3)17-9-7-16(2)8-10-17/h4-6,11H,7-10,15H2,1-3H3/t11-/m0/s1. The van der Waals surface area contributed by atoms with Crippen molar-refractivity contribution in [2.75, 3.05) is 45.2 Å². The molecule has 0 saturated carbocycles. The van der Waals surface area contributed by atoms with E-state index in [-0.39, 0.29) is 6.04 Å². The van der Waals surface area contributed by atoms with E-state index in [0.29, 0.717) is 0 Å². The van der Waals surface area contributed by atoms with Crippen LogP contribution in [-0.4, -0.2) is 45.2 Å². The maximum absolute atomic E-state index is 6.11. The highest BCUT2D eigenvalue weighted by molar-refractivity contribution is 5.61.